The van der Waals surface area contributed by atoms with Crippen molar-refractivity contribution in [1.29, 1.82) is 0 Å². The van der Waals surface area contributed by atoms with Crippen LogP contribution in [0.3, 0.4) is 0 Å². The number of methoxy groups -OCH3 is 2. The van der Waals surface area contributed by atoms with Gasteiger partial charge in [-0.05, 0) is 25.0 Å². The third kappa shape index (κ3) is 3.18. The van der Waals surface area contributed by atoms with Gasteiger partial charge in [-0.15, -0.1) is 0 Å². The van der Waals surface area contributed by atoms with Crippen LogP contribution in [0.1, 0.15) is 12.8 Å². The van der Waals surface area contributed by atoms with Gasteiger partial charge < -0.3 is 24.8 Å². The normalized spacial score (nSPS) is 17.4. The van der Waals surface area contributed by atoms with Crippen molar-refractivity contribution in [2.24, 2.45) is 0 Å². The van der Waals surface area contributed by atoms with E-state index in [9.17, 15) is 9.59 Å². The molecule has 0 spiro atoms. The van der Waals surface area contributed by atoms with Gasteiger partial charge >= 0.3 is 12.0 Å². The Bertz CT molecular complexity index is 546. The Balaban J connectivity index is 2.11. The van der Waals surface area contributed by atoms with E-state index >= 15 is 0 Å². The fourth-order valence-corrected chi connectivity index (χ4v) is 2.38. The maximum absolute atomic E-state index is 12.2. The molecule has 21 heavy (non-hydrogen) atoms. The molecule has 1 saturated heterocycles. The number of benzene rings is 1. The van der Waals surface area contributed by atoms with Crippen molar-refractivity contribution >= 4 is 17.7 Å². The van der Waals surface area contributed by atoms with Gasteiger partial charge in [-0.2, -0.15) is 0 Å². The summed E-state index contributed by atoms with van der Waals surface area (Å²) in [5.74, 6) is 0.0709. The van der Waals surface area contributed by atoms with Crippen molar-refractivity contribution in [2.45, 2.75) is 18.9 Å². The van der Waals surface area contributed by atoms with Gasteiger partial charge in [0.05, 0.1) is 14.2 Å². The molecule has 1 atom stereocenters. The Kier molecular flexibility index (Phi) is 4.52. The van der Waals surface area contributed by atoms with Crippen molar-refractivity contribution in [3.63, 3.8) is 0 Å². The summed E-state index contributed by atoms with van der Waals surface area (Å²) < 4.78 is 10.3. The summed E-state index contributed by atoms with van der Waals surface area (Å²) in [4.78, 5) is 24.6. The van der Waals surface area contributed by atoms with Crippen LogP contribution < -0.4 is 14.8 Å². The molecule has 7 nitrogen and oxygen atoms in total. The van der Waals surface area contributed by atoms with E-state index in [0.717, 1.165) is 0 Å². The van der Waals surface area contributed by atoms with Crippen molar-refractivity contribution in [1.82, 2.24) is 4.90 Å². The highest BCUT2D eigenvalue weighted by Gasteiger charge is 2.34. The van der Waals surface area contributed by atoms with Crippen molar-refractivity contribution in [3.05, 3.63) is 18.2 Å². The number of carbonyl (C=O) groups excluding carboxylic acids is 1. The van der Waals surface area contributed by atoms with Gasteiger partial charge in [-0.1, -0.05) is 0 Å². The number of ether oxygens (including phenoxy) is 2. The lowest BCUT2D eigenvalue weighted by Crippen LogP contribution is -2.42. The van der Waals surface area contributed by atoms with Gasteiger partial charge in [-0.3, -0.25) is 0 Å². The highest BCUT2D eigenvalue weighted by atomic mass is 16.5. The minimum atomic E-state index is -0.977. The highest BCUT2D eigenvalue weighted by molar-refractivity contribution is 5.93. The standard InChI is InChI=1S/C14H18N2O5/c1-20-11-6-5-9(8-12(11)21-2)15-14(19)16-7-3-4-10(16)13(17)18/h5-6,8,10H,3-4,7H2,1-2H3,(H,15,19)(H,17,18)/t10-/m1/s1. The lowest BCUT2D eigenvalue weighted by molar-refractivity contribution is -0.141. The first-order valence-electron chi connectivity index (χ1n) is 6.59. The molecule has 2 amide bonds. The van der Waals surface area contributed by atoms with Crippen molar-refractivity contribution in [3.8, 4) is 11.5 Å². The molecule has 1 aromatic carbocycles. The number of rotatable bonds is 4. The first-order chi connectivity index (χ1) is 10.1. The minimum absolute atomic E-state index is 0.424. The lowest BCUT2D eigenvalue weighted by Gasteiger charge is -2.22. The van der Waals surface area contributed by atoms with Crippen LogP contribution >= 0.6 is 0 Å². The Hall–Kier alpha value is -2.44. The number of carboxylic acids is 1. The molecule has 0 aliphatic carbocycles. The molecular formula is C14H18N2O5. The predicted molar refractivity (Wildman–Crippen MR) is 75.9 cm³/mol. The zero-order valence-corrected chi connectivity index (χ0v) is 12.0. The molecule has 1 aliphatic heterocycles. The molecule has 0 radical (unpaired) electrons. The second-order valence-corrected chi connectivity index (χ2v) is 4.69. The van der Waals surface area contributed by atoms with Crippen LogP contribution in [-0.4, -0.2) is 48.8 Å². The third-order valence-electron chi connectivity index (χ3n) is 3.43. The number of nitrogens with zero attached hydrogens (tertiary/aromatic N) is 1. The SMILES string of the molecule is COc1ccc(NC(=O)N2CCC[C@@H]2C(=O)O)cc1OC. The molecule has 1 aliphatic rings. The van der Waals surface area contributed by atoms with Crippen molar-refractivity contribution < 1.29 is 24.2 Å². The van der Waals surface area contributed by atoms with Gasteiger partial charge in [0.25, 0.3) is 0 Å². The molecule has 7 heteroatoms. The summed E-state index contributed by atoms with van der Waals surface area (Å²) >= 11 is 0. The quantitative estimate of drug-likeness (QED) is 0.883. The molecular weight excluding hydrogens is 276 g/mol. The molecule has 1 aromatic rings. The first-order valence-corrected chi connectivity index (χ1v) is 6.59. The van der Waals surface area contributed by atoms with E-state index in [4.69, 9.17) is 14.6 Å². The molecule has 0 unspecified atom stereocenters. The van der Waals surface area contributed by atoms with Crippen LogP contribution in [0.2, 0.25) is 0 Å². The number of urea groups is 1. The number of nitrogens with one attached hydrogen (secondary N) is 1. The van der Waals surface area contributed by atoms with E-state index in [1.54, 1.807) is 18.2 Å². The topological polar surface area (TPSA) is 88.1 Å². The third-order valence-corrected chi connectivity index (χ3v) is 3.43. The van der Waals surface area contributed by atoms with Crippen LogP contribution in [0.4, 0.5) is 10.5 Å². The Morgan fingerprint density at radius 3 is 2.62 bits per heavy atom. The monoisotopic (exact) mass is 294 g/mol. The van der Waals surface area contributed by atoms with Gasteiger partial charge in [0.2, 0.25) is 0 Å². The number of carbonyl (C=O) groups is 2. The highest BCUT2D eigenvalue weighted by Crippen LogP contribution is 2.30. The average Bonchev–Trinajstić information content (AvgIpc) is 2.96. The summed E-state index contributed by atoms with van der Waals surface area (Å²) in [5, 5.41) is 11.8. The van der Waals surface area contributed by atoms with E-state index in [1.165, 1.54) is 19.1 Å². The van der Waals surface area contributed by atoms with Gasteiger partial charge in [0.15, 0.2) is 11.5 Å². The van der Waals surface area contributed by atoms with Crippen LogP contribution in [0.5, 0.6) is 11.5 Å². The Morgan fingerprint density at radius 2 is 2.00 bits per heavy atom. The zero-order chi connectivity index (χ0) is 15.4. The molecule has 0 bridgehead atoms. The second-order valence-electron chi connectivity index (χ2n) is 4.69. The molecule has 1 heterocycles. The summed E-state index contributed by atoms with van der Waals surface area (Å²) in [6, 6.07) is 3.79. The average molecular weight is 294 g/mol. The molecule has 1 fully saturated rings. The van der Waals surface area contributed by atoms with Crippen LogP contribution in [0.25, 0.3) is 0 Å². The molecule has 2 N–H and O–H groups in total. The minimum Gasteiger partial charge on any atom is -0.493 e. The largest absolute Gasteiger partial charge is 0.493 e. The summed E-state index contributed by atoms with van der Waals surface area (Å²) in [7, 11) is 3.03. The van der Waals surface area contributed by atoms with Crippen LogP contribution in [-0.2, 0) is 4.79 Å². The number of anilines is 1. The van der Waals surface area contributed by atoms with Crippen molar-refractivity contribution in [2.75, 3.05) is 26.1 Å². The number of aliphatic carboxylic acids is 1. The molecule has 0 aromatic heterocycles. The number of amides is 2. The van der Waals surface area contributed by atoms with Gasteiger partial charge in [0, 0.05) is 18.3 Å². The van der Waals surface area contributed by atoms with E-state index in [-0.39, 0.29) is 0 Å². The fourth-order valence-electron chi connectivity index (χ4n) is 2.38. The van der Waals surface area contributed by atoms with E-state index in [1.807, 2.05) is 0 Å². The second kappa shape index (κ2) is 6.34. The van der Waals surface area contributed by atoms with E-state index in [2.05, 4.69) is 5.32 Å². The maximum Gasteiger partial charge on any atom is 0.326 e. The van der Waals surface area contributed by atoms with Crippen LogP contribution in [0.15, 0.2) is 18.2 Å². The number of likely N-dealkylation sites (tertiary alicyclic amines) is 1. The van der Waals surface area contributed by atoms with E-state index < -0.39 is 18.0 Å². The molecule has 114 valence electrons. The number of hydrogen-bond acceptors (Lipinski definition) is 4. The number of carboxylic acid groups (broad SMARTS) is 1. The zero-order valence-electron chi connectivity index (χ0n) is 12.0. The van der Waals surface area contributed by atoms with Crippen LogP contribution in [0, 0.1) is 0 Å². The lowest BCUT2D eigenvalue weighted by atomic mass is 10.2. The van der Waals surface area contributed by atoms with Gasteiger partial charge in [0.1, 0.15) is 6.04 Å². The smallest absolute Gasteiger partial charge is 0.326 e. The summed E-state index contributed by atoms with van der Waals surface area (Å²) in [5.41, 5.74) is 0.522. The van der Waals surface area contributed by atoms with E-state index in [0.29, 0.717) is 36.6 Å². The number of hydrogen-bond donors (Lipinski definition) is 2. The fraction of sp³-hybridized carbons (Fsp3) is 0.429. The summed E-state index contributed by atoms with van der Waals surface area (Å²) in [6.07, 6.45) is 1.17. The first kappa shape index (κ1) is 15.0. The molecule has 0 saturated carbocycles. The Morgan fingerprint density at radius 1 is 1.29 bits per heavy atom. The molecule has 2 rings (SSSR count). The summed E-state index contributed by atoms with van der Waals surface area (Å²) in [6.45, 7) is 0.441. The Labute approximate surface area is 122 Å². The maximum atomic E-state index is 12.2. The predicted octanol–water partition coefficient (Wildman–Crippen LogP) is 1.78. The van der Waals surface area contributed by atoms with Gasteiger partial charge in [-0.25, -0.2) is 9.59 Å².